The number of halogens is 2. The number of fused-ring (bicyclic) bond motifs is 3. The van der Waals surface area contributed by atoms with E-state index in [1.54, 1.807) is 12.4 Å². The van der Waals surface area contributed by atoms with Crippen molar-refractivity contribution in [2.45, 2.75) is 18.7 Å². The van der Waals surface area contributed by atoms with E-state index in [-0.39, 0.29) is 12.3 Å². The number of benzene rings is 2. The van der Waals surface area contributed by atoms with Crippen LogP contribution in [0.3, 0.4) is 0 Å². The summed E-state index contributed by atoms with van der Waals surface area (Å²) >= 11 is 12.3. The Labute approximate surface area is 167 Å². The molecule has 134 valence electrons. The molecule has 0 unspecified atom stereocenters. The van der Waals surface area contributed by atoms with Gasteiger partial charge in [0.1, 0.15) is 5.75 Å². The minimum absolute atomic E-state index is 0.0660. The first-order valence-corrected chi connectivity index (χ1v) is 9.42. The first-order valence-electron chi connectivity index (χ1n) is 8.67. The minimum Gasteiger partial charge on any atom is -0.464 e. The lowest BCUT2D eigenvalue weighted by Gasteiger charge is -2.38. The summed E-state index contributed by atoms with van der Waals surface area (Å²) < 4.78 is 6.30. The SMILES string of the molecule is Clc1ccc(C2=NN3[C@@H](C2)c2cc(Cl)ccc2O[C@H]3c2ccncc2)cc1. The van der Waals surface area contributed by atoms with Crippen molar-refractivity contribution in [2.75, 3.05) is 0 Å². The molecule has 2 aliphatic heterocycles. The highest BCUT2D eigenvalue weighted by Crippen LogP contribution is 2.48. The van der Waals surface area contributed by atoms with Crippen molar-refractivity contribution in [2.24, 2.45) is 5.10 Å². The Balaban J connectivity index is 1.60. The van der Waals surface area contributed by atoms with Crippen LogP contribution in [0.5, 0.6) is 5.75 Å². The first kappa shape index (κ1) is 16.6. The second-order valence-electron chi connectivity index (χ2n) is 6.59. The molecule has 0 aliphatic carbocycles. The van der Waals surface area contributed by atoms with Crippen LogP contribution >= 0.6 is 23.2 Å². The molecule has 0 amide bonds. The third kappa shape index (κ3) is 2.95. The lowest BCUT2D eigenvalue weighted by molar-refractivity contribution is -0.0190. The molecular weight excluding hydrogens is 381 g/mol. The second-order valence-corrected chi connectivity index (χ2v) is 7.46. The van der Waals surface area contributed by atoms with Crippen molar-refractivity contribution in [1.82, 2.24) is 9.99 Å². The first-order chi connectivity index (χ1) is 13.2. The van der Waals surface area contributed by atoms with Crippen molar-refractivity contribution in [1.29, 1.82) is 0 Å². The molecular formula is C21H15Cl2N3O. The third-order valence-corrected chi connectivity index (χ3v) is 5.41. The zero-order chi connectivity index (χ0) is 18.4. The van der Waals surface area contributed by atoms with Gasteiger partial charge in [0.25, 0.3) is 0 Å². The summed E-state index contributed by atoms with van der Waals surface area (Å²) in [6.45, 7) is 0. The molecule has 5 rings (SSSR count). The smallest absolute Gasteiger partial charge is 0.213 e. The van der Waals surface area contributed by atoms with E-state index in [4.69, 9.17) is 33.0 Å². The van der Waals surface area contributed by atoms with E-state index in [1.165, 1.54) is 0 Å². The molecule has 0 saturated carbocycles. The molecule has 0 spiro atoms. The van der Waals surface area contributed by atoms with Gasteiger partial charge in [-0.1, -0.05) is 35.3 Å². The van der Waals surface area contributed by atoms with Crippen LogP contribution in [0.25, 0.3) is 0 Å². The number of hydrogen-bond acceptors (Lipinski definition) is 4. The van der Waals surface area contributed by atoms with Crippen LogP contribution in [0, 0.1) is 0 Å². The summed E-state index contributed by atoms with van der Waals surface area (Å²) in [7, 11) is 0. The summed E-state index contributed by atoms with van der Waals surface area (Å²) in [5, 5.41) is 8.35. The average molecular weight is 396 g/mol. The van der Waals surface area contributed by atoms with E-state index in [2.05, 4.69) is 4.98 Å². The van der Waals surface area contributed by atoms with Crippen LogP contribution in [0.1, 0.15) is 35.4 Å². The highest BCUT2D eigenvalue weighted by Gasteiger charge is 2.41. The summed E-state index contributed by atoms with van der Waals surface area (Å²) in [5.74, 6) is 0.843. The Morgan fingerprint density at radius 3 is 2.44 bits per heavy atom. The summed E-state index contributed by atoms with van der Waals surface area (Å²) in [4.78, 5) is 4.11. The Kier molecular flexibility index (Phi) is 4.03. The summed E-state index contributed by atoms with van der Waals surface area (Å²) in [6, 6.07) is 17.5. The van der Waals surface area contributed by atoms with Gasteiger partial charge in [-0.3, -0.25) is 4.98 Å². The number of hydrogen-bond donors (Lipinski definition) is 0. The van der Waals surface area contributed by atoms with Gasteiger partial charge in [-0.2, -0.15) is 5.10 Å². The molecule has 6 heteroatoms. The molecule has 2 atom stereocenters. The van der Waals surface area contributed by atoms with Gasteiger partial charge in [-0.25, -0.2) is 5.01 Å². The van der Waals surface area contributed by atoms with Crippen molar-refractivity contribution in [3.05, 3.63) is 93.7 Å². The predicted molar refractivity (Wildman–Crippen MR) is 106 cm³/mol. The number of pyridine rings is 1. The number of ether oxygens (including phenoxy) is 1. The zero-order valence-electron chi connectivity index (χ0n) is 14.2. The van der Waals surface area contributed by atoms with Crippen LogP contribution in [0.4, 0.5) is 0 Å². The molecule has 1 aromatic heterocycles. The van der Waals surface area contributed by atoms with Crippen LogP contribution in [0.2, 0.25) is 10.0 Å². The average Bonchev–Trinajstić information content (AvgIpc) is 3.14. The van der Waals surface area contributed by atoms with Crippen molar-refractivity contribution < 1.29 is 4.74 Å². The molecule has 2 aliphatic rings. The molecule has 2 aromatic carbocycles. The highest BCUT2D eigenvalue weighted by molar-refractivity contribution is 6.31. The molecule has 4 nitrogen and oxygen atoms in total. The molecule has 0 radical (unpaired) electrons. The van der Waals surface area contributed by atoms with E-state index in [9.17, 15) is 0 Å². The van der Waals surface area contributed by atoms with Crippen molar-refractivity contribution >= 4 is 28.9 Å². The molecule has 3 aromatic rings. The van der Waals surface area contributed by atoms with Gasteiger partial charge >= 0.3 is 0 Å². The summed E-state index contributed by atoms with van der Waals surface area (Å²) in [6.07, 6.45) is 4.01. The molecule has 0 fully saturated rings. The monoisotopic (exact) mass is 395 g/mol. The van der Waals surface area contributed by atoms with Gasteiger partial charge in [-0.05, 0) is 48.0 Å². The zero-order valence-corrected chi connectivity index (χ0v) is 15.7. The number of rotatable bonds is 2. The van der Waals surface area contributed by atoms with E-state index < -0.39 is 0 Å². The second kappa shape index (κ2) is 6.55. The molecule has 27 heavy (non-hydrogen) atoms. The fourth-order valence-corrected chi connectivity index (χ4v) is 3.93. The van der Waals surface area contributed by atoms with Gasteiger partial charge in [-0.15, -0.1) is 0 Å². The standard InChI is InChI=1S/C21H15Cl2N3O/c22-15-3-1-13(2-4-15)18-12-19-17-11-16(23)5-6-20(17)27-21(26(19)25-18)14-7-9-24-10-8-14/h1-11,19,21H,12H2/t19-,21-/m0/s1. The van der Waals surface area contributed by atoms with Crippen LogP contribution in [-0.2, 0) is 0 Å². The van der Waals surface area contributed by atoms with E-state index in [0.29, 0.717) is 10.0 Å². The molecule has 3 heterocycles. The number of nitrogens with zero attached hydrogens (tertiary/aromatic N) is 3. The molecule has 0 N–H and O–H groups in total. The van der Waals surface area contributed by atoms with E-state index in [0.717, 1.165) is 34.6 Å². The maximum Gasteiger partial charge on any atom is 0.213 e. The van der Waals surface area contributed by atoms with Gasteiger partial charge < -0.3 is 4.74 Å². The lowest BCUT2D eigenvalue weighted by atomic mass is 9.96. The Morgan fingerprint density at radius 2 is 1.67 bits per heavy atom. The van der Waals surface area contributed by atoms with E-state index in [1.807, 2.05) is 59.6 Å². The normalized spacial score (nSPS) is 20.5. The maximum absolute atomic E-state index is 6.30. The highest BCUT2D eigenvalue weighted by atomic mass is 35.5. The van der Waals surface area contributed by atoms with Crippen molar-refractivity contribution in [3.8, 4) is 5.75 Å². The topological polar surface area (TPSA) is 37.7 Å². The quantitative estimate of drug-likeness (QED) is 0.563. The lowest BCUT2D eigenvalue weighted by Crippen LogP contribution is -2.33. The van der Waals surface area contributed by atoms with Crippen molar-refractivity contribution in [3.63, 3.8) is 0 Å². The number of hydrazone groups is 1. The van der Waals surface area contributed by atoms with Gasteiger partial charge in [0.2, 0.25) is 6.23 Å². The number of aromatic nitrogens is 1. The third-order valence-electron chi connectivity index (χ3n) is 4.92. The minimum atomic E-state index is -0.309. The summed E-state index contributed by atoms with van der Waals surface area (Å²) in [5.41, 5.74) is 4.13. The van der Waals surface area contributed by atoms with Crippen LogP contribution < -0.4 is 4.74 Å². The Bertz CT molecular complexity index is 1020. The Hall–Kier alpha value is -2.56. The maximum atomic E-state index is 6.30. The fraction of sp³-hybridized carbons (Fsp3) is 0.143. The molecule has 0 bridgehead atoms. The fourth-order valence-electron chi connectivity index (χ4n) is 3.62. The van der Waals surface area contributed by atoms with Gasteiger partial charge in [0.15, 0.2) is 0 Å². The van der Waals surface area contributed by atoms with Crippen LogP contribution in [-0.4, -0.2) is 15.7 Å². The predicted octanol–water partition coefficient (Wildman–Crippen LogP) is 5.63. The van der Waals surface area contributed by atoms with Gasteiger partial charge in [0.05, 0.1) is 11.8 Å². The van der Waals surface area contributed by atoms with E-state index >= 15 is 0 Å². The van der Waals surface area contributed by atoms with Crippen LogP contribution in [0.15, 0.2) is 72.1 Å². The van der Waals surface area contributed by atoms with Gasteiger partial charge in [0, 0.05) is 40.0 Å². The molecule has 0 saturated heterocycles. The Morgan fingerprint density at radius 1 is 0.926 bits per heavy atom. The largest absolute Gasteiger partial charge is 0.464 e.